The molecule has 1 amide bonds. The lowest BCUT2D eigenvalue weighted by atomic mass is 10.1. The van der Waals surface area contributed by atoms with Crippen molar-refractivity contribution in [2.75, 3.05) is 13.1 Å². The van der Waals surface area contributed by atoms with Crippen molar-refractivity contribution in [2.24, 2.45) is 0 Å². The Bertz CT molecular complexity index is 450. The van der Waals surface area contributed by atoms with Crippen molar-refractivity contribution in [1.82, 2.24) is 4.90 Å². The SMILES string of the molecule is CCN(CC)C(=O)c1c(Cl)cccc1C[Si](C)(C)C. The molecule has 0 aliphatic heterocycles. The lowest BCUT2D eigenvalue weighted by molar-refractivity contribution is 0.0772. The maximum atomic E-state index is 12.6. The number of hydrogen-bond acceptors (Lipinski definition) is 1. The highest BCUT2D eigenvalue weighted by Crippen LogP contribution is 2.25. The molecule has 1 aromatic carbocycles. The molecule has 0 atom stereocenters. The van der Waals surface area contributed by atoms with E-state index in [0.717, 1.165) is 11.6 Å². The van der Waals surface area contributed by atoms with Crippen molar-refractivity contribution in [1.29, 1.82) is 0 Å². The number of rotatable bonds is 5. The molecule has 0 N–H and O–H groups in total. The van der Waals surface area contributed by atoms with Crippen molar-refractivity contribution < 1.29 is 4.79 Å². The first-order valence-corrected chi connectivity index (χ1v) is 10.9. The number of benzene rings is 1. The van der Waals surface area contributed by atoms with Gasteiger partial charge in [-0.1, -0.05) is 43.4 Å². The van der Waals surface area contributed by atoms with Gasteiger partial charge in [-0.25, -0.2) is 0 Å². The molecule has 2 nitrogen and oxygen atoms in total. The first-order valence-electron chi connectivity index (χ1n) is 6.86. The molecule has 0 aromatic heterocycles. The molecule has 0 aliphatic rings. The highest BCUT2D eigenvalue weighted by atomic mass is 35.5. The zero-order valence-electron chi connectivity index (χ0n) is 12.6. The summed E-state index contributed by atoms with van der Waals surface area (Å²) < 4.78 is 0. The lowest BCUT2D eigenvalue weighted by Gasteiger charge is -2.23. The van der Waals surface area contributed by atoms with E-state index in [9.17, 15) is 4.79 Å². The van der Waals surface area contributed by atoms with Gasteiger partial charge in [0, 0.05) is 21.2 Å². The van der Waals surface area contributed by atoms with Crippen LogP contribution in [0.15, 0.2) is 18.2 Å². The molecular weight excluding hydrogens is 274 g/mol. The zero-order valence-corrected chi connectivity index (χ0v) is 14.3. The molecular formula is C15H24ClNOSi. The van der Waals surface area contributed by atoms with E-state index < -0.39 is 8.07 Å². The van der Waals surface area contributed by atoms with E-state index in [1.54, 1.807) is 0 Å². The van der Waals surface area contributed by atoms with Crippen LogP contribution in [0.2, 0.25) is 24.7 Å². The second kappa shape index (κ2) is 6.57. The van der Waals surface area contributed by atoms with Gasteiger partial charge in [-0.15, -0.1) is 0 Å². The van der Waals surface area contributed by atoms with Crippen LogP contribution in [0.3, 0.4) is 0 Å². The van der Waals surface area contributed by atoms with Crippen LogP contribution in [0.5, 0.6) is 0 Å². The van der Waals surface area contributed by atoms with Gasteiger partial charge < -0.3 is 4.90 Å². The average Bonchev–Trinajstić information content (AvgIpc) is 2.28. The second-order valence-electron chi connectivity index (χ2n) is 5.99. The minimum Gasteiger partial charge on any atom is -0.339 e. The van der Waals surface area contributed by atoms with E-state index in [1.165, 1.54) is 0 Å². The number of amides is 1. The normalized spacial score (nSPS) is 11.5. The fraction of sp³-hybridized carbons (Fsp3) is 0.533. The van der Waals surface area contributed by atoms with Gasteiger partial charge in [0.25, 0.3) is 5.91 Å². The topological polar surface area (TPSA) is 20.3 Å². The largest absolute Gasteiger partial charge is 0.339 e. The Kier molecular flexibility index (Phi) is 5.62. The van der Waals surface area contributed by atoms with Gasteiger partial charge in [-0.3, -0.25) is 4.79 Å². The summed E-state index contributed by atoms with van der Waals surface area (Å²) in [5.41, 5.74) is 1.80. The maximum Gasteiger partial charge on any atom is 0.255 e. The molecule has 0 spiro atoms. The standard InChI is InChI=1S/C15H24ClNOSi/c1-6-17(7-2)15(18)14-12(11-19(3,4)5)9-8-10-13(14)16/h8-10H,6-7,11H2,1-5H3. The molecule has 0 fully saturated rings. The second-order valence-corrected chi connectivity index (χ2v) is 11.9. The molecule has 0 heterocycles. The Balaban J connectivity index is 3.21. The Morgan fingerprint density at radius 1 is 1.21 bits per heavy atom. The molecule has 19 heavy (non-hydrogen) atoms. The third-order valence-electron chi connectivity index (χ3n) is 3.09. The number of hydrogen-bond donors (Lipinski definition) is 0. The number of carbonyl (C=O) groups excluding carboxylic acids is 1. The smallest absolute Gasteiger partial charge is 0.255 e. The van der Waals surface area contributed by atoms with Gasteiger partial charge in [-0.05, 0) is 31.5 Å². The first-order chi connectivity index (χ1) is 8.80. The lowest BCUT2D eigenvalue weighted by Crippen LogP contribution is -2.33. The van der Waals surface area contributed by atoms with Crippen LogP contribution in [0.25, 0.3) is 0 Å². The van der Waals surface area contributed by atoms with Crippen molar-refractivity contribution in [3.8, 4) is 0 Å². The van der Waals surface area contributed by atoms with Crippen LogP contribution in [-0.4, -0.2) is 32.0 Å². The van der Waals surface area contributed by atoms with E-state index in [4.69, 9.17) is 11.6 Å². The van der Waals surface area contributed by atoms with Gasteiger partial charge in [-0.2, -0.15) is 0 Å². The van der Waals surface area contributed by atoms with E-state index in [0.29, 0.717) is 23.7 Å². The zero-order chi connectivity index (χ0) is 14.6. The number of halogens is 1. The fourth-order valence-corrected chi connectivity index (χ4v) is 3.91. The Morgan fingerprint density at radius 2 is 1.79 bits per heavy atom. The fourth-order valence-electron chi connectivity index (χ4n) is 2.20. The molecule has 0 bridgehead atoms. The van der Waals surface area contributed by atoms with Crippen LogP contribution >= 0.6 is 11.6 Å². The third kappa shape index (κ3) is 4.36. The Labute approximate surface area is 122 Å². The molecule has 4 heteroatoms. The predicted molar refractivity (Wildman–Crippen MR) is 85.8 cm³/mol. The van der Waals surface area contributed by atoms with Gasteiger partial charge in [0.2, 0.25) is 0 Å². The summed E-state index contributed by atoms with van der Waals surface area (Å²) in [4.78, 5) is 14.4. The number of carbonyl (C=O) groups is 1. The highest BCUT2D eigenvalue weighted by molar-refractivity contribution is 6.75. The summed E-state index contributed by atoms with van der Waals surface area (Å²) >= 11 is 6.28. The average molecular weight is 298 g/mol. The van der Waals surface area contributed by atoms with E-state index in [2.05, 4.69) is 19.6 Å². The van der Waals surface area contributed by atoms with Crippen LogP contribution in [-0.2, 0) is 6.04 Å². The number of nitrogens with zero attached hydrogens (tertiary/aromatic N) is 1. The van der Waals surface area contributed by atoms with Gasteiger partial charge in [0.1, 0.15) is 0 Å². The van der Waals surface area contributed by atoms with Crippen LogP contribution in [0, 0.1) is 0 Å². The predicted octanol–water partition coefficient (Wildman–Crippen LogP) is 4.24. The summed E-state index contributed by atoms with van der Waals surface area (Å²) in [6.07, 6.45) is 0. The molecule has 0 saturated heterocycles. The monoisotopic (exact) mass is 297 g/mol. The molecule has 0 radical (unpaired) electrons. The summed E-state index contributed by atoms with van der Waals surface area (Å²) in [7, 11) is -1.28. The van der Waals surface area contributed by atoms with E-state index in [1.807, 2.05) is 36.9 Å². The highest BCUT2D eigenvalue weighted by Gasteiger charge is 2.23. The summed E-state index contributed by atoms with van der Waals surface area (Å²) in [6.45, 7) is 12.3. The summed E-state index contributed by atoms with van der Waals surface area (Å²) in [5.74, 6) is 0.0591. The van der Waals surface area contributed by atoms with E-state index in [-0.39, 0.29) is 5.91 Å². The van der Waals surface area contributed by atoms with Crippen molar-refractivity contribution in [2.45, 2.75) is 39.5 Å². The molecule has 0 saturated carbocycles. The Morgan fingerprint density at radius 3 is 2.26 bits per heavy atom. The molecule has 0 aliphatic carbocycles. The van der Waals surface area contributed by atoms with Crippen molar-refractivity contribution >= 4 is 25.6 Å². The summed E-state index contributed by atoms with van der Waals surface area (Å²) in [5, 5.41) is 0.577. The molecule has 106 valence electrons. The van der Waals surface area contributed by atoms with E-state index >= 15 is 0 Å². The van der Waals surface area contributed by atoms with Gasteiger partial charge in [0.05, 0.1) is 10.6 Å². The van der Waals surface area contributed by atoms with Crippen molar-refractivity contribution in [3.05, 3.63) is 34.3 Å². The van der Waals surface area contributed by atoms with Crippen LogP contribution in [0.4, 0.5) is 0 Å². The molecule has 1 rings (SSSR count). The van der Waals surface area contributed by atoms with Gasteiger partial charge >= 0.3 is 0 Å². The van der Waals surface area contributed by atoms with Crippen LogP contribution < -0.4 is 0 Å². The maximum absolute atomic E-state index is 12.6. The third-order valence-corrected chi connectivity index (χ3v) is 4.84. The molecule has 0 unspecified atom stereocenters. The quantitative estimate of drug-likeness (QED) is 0.744. The minimum atomic E-state index is -1.28. The Hall–Kier alpha value is -0.803. The molecule has 1 aromatic rings. The van der Waals surface area contributed by atoms with Crippen LogP contribution in [0.1, 0.15) is 29.8 Å². The first kappa shape index (κ1) is 16.3. The minimum absolute atomic E-state index is 0.0591. The van der Waals surface area contributed by atoms with Crippen molar-refractivity contribution in [3.63, 3.8) is 0 Å². The summed E-state index contributed by atoms with van der Waals surface area (Å²) in [6, 6.07) is 6.78. The van der Waals surface area contributed by atoms with Gasteiger partial charge in [0.15, 0.2) is 0 Å².